The van der Waals surface area contributed by atoms with Crippen LogP contribution in [0.3, 0.4) is 0 Å². The lowest BCUT2D eigenvalue weighted by Crippen LogP contribution is -2.40. The van der Waals surface area contributed by atoms with Gasteiger partial charge in [-0.3, -0.25) is 0 Å². The lowest BCUT2D eigenvalue weighted by Gasteiger charge is -2.42. The Morgan fingerprint density at radius 1 is 1.17 bits per heavy atom. The van der Waals surface area contributed by atoms with E-state index in [0.717, 1.165) is 19.3 Å². The first-order valence-corrected chi connectivity index (χ1v) is 5.49. The largest absolute Gasteiger partial charge is 0.120 e. The van der Waals surface area contributed by atoms with E-state index in [1.807, 2.05) is 0 Å². The molecule has 0 aromatic carbocycles. The van der Waals surface area contributed by atoms with Gasteiger partial charge in [0.25, 0.3) is 0 Å². The molecule has 0 heterocycles. The lowest BCUT2D eigenvalue weighted by molar-refractivity contribution is 0.270. The van der Waals surface area contributed by atoms with Crippen molar-refractivity contribution in [2.24, 2.45) is 5.92 Å². The first-order valence-electron chi connectivity index (χ1n) is 4.74. The highest BCUT2D eigenvalue weighted by Gasteiger charge is 2.41. The van der Waals surface area contributed by atoms with Crippen molar-refractivity contribution in [3.63, 3.8) is 0 Å². The Balaban J connectivity index is 2.68. The Kier molecular flexibility index (Phi) is 3.00. The quantitative estimate of drug-likeness (QED) is 0.568. The van der Waals surface area contributed by atoms with Gasteiger partial charge < -0.3 is 0 Å². The minimum atomic E-state index is -0.0652. The van der Waals surface area contributed by atoms with Gasteiger partial charge in [0.1, 0.15) is 0 Å². The minimum absolute atomic E-state index is 0.0469. The van der Waals surface area contributed by atoms with E-state index in [0.29, 0.717) is 5.92 Å². The number of halogens is 2. The molecular formula is C10H18Cl2. The number of alkyl halides is 2. The lowest BCUT2D eigenvalue weighted by atomic mass is 9.75. The number of rotatable bonds is 1. The Morgan fingerprint density at radius 3 is 2.08 bits per heavy atom. The van der Waals surface area contributed by atoms with Crippen LogP contribution in [0, 0.1) is 5.92 Å². The summed E-state index contributed by atoms with van der Waals surface area (Å²) in [6.45, 7) is 6.48. The molecule has 0 bridgehead atoms. The van der Waals surface area contributed by atoms with Crippen LogP contribution < -0.4 is 0 Å². The zero-order valence-corrected chi connectivity index (χ0v) is 9.67. The van der Waals surface area contributed by atoms with Crippen LogP contribution in [0.5, 0.6) is 0 Å². The summed E-state index contributed by atoms with van der Waals surface area (Å²) in [4.78, 5) is -0.112. The van der Waals surface area contributed by atoms with Crippen LogP contribution in [0.4, 0.5) is 0 Å². The number of hydrogen-bond acceptors (Lipinski definition) is 0. The van der Waals surface area contributed by atoms with Crippen LogP contribution in [0.1, 0.15) is 46.5 Å². The van der Waals surface area contributed by atoms with Crippen molar-refractivity contribution in [2.75, 3.05) is 0 Å². The zero-order chi connectivity index (χ0) is 9.41. The Labute approximate surface area is 85.6 Å². The molecule has 72 valence electrons. The second kappa shape index (κ2) is 3.38. The van der Waals surface area contributed by atoms with Gasteiger partial charge in [-0.15, -0.1) is 23.2 Å². The van der Waals surface area contributed by atoms with Gasteiger partial charge in [-0.2, -0.15) is 0 Å². The average molecular weight is 209 g/mol. The highest BCUT2D eigenvalue weighted by Crippen LogP contribution is 2.46. The van der Waals surface area contributed by atoms with E-state index < -0.39 is 0 Å². The fourth-order valence-electron chi connectivity index (χ4n) is 2.03. The van der Waals surface area contributed by atoms with Gasteiger partial charge in [-0.05, 0) is 38.5 Å². The molecule has 12 heavy (non-hydrogen) atoms. The van der Waals surface area contributed by atoms with Crippen molar-refractivity contribution < 1.29 is 0 Å². The van der Waals surface area contributed by atoms with E-state index in [9.17, 15) is 0 Å². The molecule has 0 amide bonds. The van der Waals surface area contributed by atoms with Crippen molar-refractivity contribution >= 4 is 23.2 Å². The zero-order valence-electron chi connectivity index (χ0n) is 8.16. The molecule has 1 aliphatic rings. The molecule has 1 aliphatic carbocycles. The first kappa shape index (κ1) is 10.7. The Morgan fingerprint density at radius 2 is 1.75 bits per heavy atom. The first-order chi connectivity index (χ1) is 5.36. The fraction of sp³-hybridized carbons (Fsp3) is 1.00. The van der Waals surface area contributed by atoms with Gasteiger partial charge in [0.05, 0.1) is 0 Å². The summed E-state index contributed by atoms with van der Waals surface area (Å²) >= 11 is 12.8. The fourth-order valence-corrected chi connectivity index (χ4v) is 2.90. The van der Waals surface area contributed by atoms with Crippen molar-refractivity contribution in [2.45, 2.75) is 56.2 Å². The molecule has 0 saturated heterocycles. The molecule has 1 fully saturated rings. The molecule has 1 saturated carbocycles. The summed E-state index contributed by atoms with van der Waals surface area (Å²) in [7, 11) is 0. The highest BCUT2D eigenvalue weighted by molar-refractivity contribution is 6.27. The predicted molar refractivity (Wildman–Crippen MR) is 56.1 cm³/mol. The molecular weight excluding hydrogens is 191 g/mol. The maximum atomic E-state index is 6.51. The van der Waals surface area contributed by atoms with Crippen molar-refractivity contribution in [1.82, 2.24) is 0 Å². The van der Waals surface area contributed by atoms with Crippen molar-refractivity contribution in [1.29, 1.82) is 0 Å². The van der Waals surface area contributed by atoms with Gasteiger partial charge in [0.15, 0.2) is 0 Å². The third-order valence-corrected chi connectivity index (χ3v) is 4.07. The molecule has 0 aromatic rings. The van der Waals surface area contributed by atoms with E-state index in [1.54, 1.807) is 0 Å². The van der Waals surface area contributed by atoms with E-state index in [2.05, 4.69) is 20.8 Å². The maximum Gasteiger partial charge on any atom is 0.0486 e. The predicted octanol–water partition coefficient (Wildman–Crippen LogP) is 4.19. The van der Waals surface area contributed by atoms with Gasteiger partial charge in [0.2, 0.25) is 0 Å². The van der Waals surface area contributed by atoms with Gasteiger partial charge in [0, 0.05) is 9.75 Å². The third kappa shape index (κ3) is 2.29. The molecule has 2 atom stereocenters. The number of hydrogen-bond donors (Lipinski definition) is 0. The molecule has 0 nitrogen and oxygen atoms in total. The van der Waals surface area contributed by atoms with E-state index >= 15 is 0 Å². The molecule has 0 radical (unpaired) electrons. The Hall–Kier alpha value is 0.580. The average Bonchev–Trinajstić information content (AvgIpc) is 1.83. The van der Waals surface area contributed by atoms with Gasteiger partial charge in [-0.25, -0.2) is 0 Å². The van der Waals surface area contributed by atoms with Gasteiger partial charge in [-0.1, -0.05) is 13.8 Å². The van der Waals surface area contributed by atoms with Crippen LogP contribution in [0.2, 0.25) is 0 Å². The molecule has 0 aliphatic heterocycles. The molecule has 2 unspecified atom stereocenters. The van der Waals surface area contributed by atoms with Crippen molar-refractivity contribution in [3.05, 3.63) is 0 Å². The molecule has 0 aromatic heterocycles. The SMILES string of the molecule is CC(C)C1(Cl)CCCC(C)(Cl)C1. The normalized spacial score (nSPS) is 43.5. The van der Waals surface area contributed by atoms with Crippen LogP contribution in [0.25, 0.3) is 0 Å². The third-order valence-electron chi connectivity index (χ3n) is 2.99. The summed E-state index contributed by atoms with van der Waals surface area (Å²) in [5.41, 5.74) is 0. The van der Waals surface area contributed by atoms with Crippen LogP contribution in [0.15, 0.2) is 0 Å². The molecule has 1 rings (SSSR count). The second-order valence-corrected chi connectivity index (χ2v) is 6.30. The summed E-state index contributed by atoms with van der Waals surface area (Å²) in [6, 6.07) is 0. The topological polar surface area (TPSA) is 0 Å². The van der Waals surface area contributed by atoms with Crippen LogP contribution >= 0.6 is 23.2 Å². The molecule has 2 heteroatoms. The van der Waals surface area contributed by atoms with E-state index in [1.165, 1.54) is 6.42 Å². The molecule has 0 N–H and O–H groups in total. The van der Waals surface area contributed by atoms with E-state index in [-0.39, 0.29) is 9.75 Å². The second-order valence-electron chi connectivity index (χ2n) is 4.63. The summed E-state index contributed by atoms with van der Waals surface area (Å²) in [6.07, 6.45) is 4.34. The maximum absolute atomic E-state index is 6.51. The Bertz CT molecular complexity index is 163. The van der Waals surface area contributed by atoms with Crippen LogP contribution in [-0.2, 0) is 0 Å². The smallest absolute Gasteiger partial charge is 0.0486 e. The van der Waals surface area contributed by atoms with Crippen molar-refractivity contribution in [3.8, 4) is 0 Å². The minimum Gasteiger partial charge on any atom is -0.120 e. The van der Waals surface area contributed by atoms with E-state index in [4.69, 9.17) is 23.2 Å². The molecule has 0 spiro atoms. The van der Waals surface area contributed by atoms with Gasteiger partial charge >= 0.3 is 0 Å². The highest BCUT2D eigenvalue weighted by atomic mass is 35.5. The summed E-state index contributed by atoms with van der Waals surface area (Å²) in [5.74, 6) is 0.526. The summed E-state index contributed by atoms with van der Waals surface area (Å²) in [5, 5.41) is 0. The van der Waals surface area contributed by atoms with Crippen LogP contribution in [-0.4, -0.2) is 9.75 Å². The summed E-state index contributed by atoms with van der Waals surface area (Å²) < 4.78 is 0. The standard InChI is InChI=1S/C10H18Cl2/c1-8(2)10(12)6-4-5-9(3,11)7-10/h8H,4-7H2,1-3H3. The monoisotopic (exact) mass is 208 g/mol.